The van der Waals surface area contributed by atoms with Gasteiger partial charge in [0.2, 0.25) is 0 Å². The molecule has 0 spiro atoms. The van der Waals surface area contributed by atoms with Crippen LogP contribution in [0.5, 0.6) is 0 Å². The first-order valence-corrected chi connectivity index (χ1v) is 5.22. The molecule has 1 fully saturated rings. The molecule has 0 unspecified atom stereocenters. The van der Waals surface area contributed by atoms with Gasteiger partial charge in [0, 0.05) is 0 Å². The molecule has 1 heterocycles. The summed E-state index contributed by atoms with van der Waals surface area (Å²) < 4.78 is 10.0. The van der Waals surface area contributed by atoms with E-state index in [4.69, 9.17) is 24.8 Å². The van der Waals surface area contributed by atoms with Crippen LogP contribution in [0, 0.1) is 0 Å². The van der Waals surface area contributed by atoms with Crippen LogP contribution in [0.2, 0.25) is 0 Å². The van der Waals surface area contributed by atoms with Crippen LogP contribution in [0.15, 0.2) is 0 Å². The molecule has 1 aliphatic heterocycles. The minimum Gasteiger partial charge on any atom is -0.394 e. The second-order valence-corrected chi connectivity index (χ2v) is 3.82. The van der Waals surface area contributed by atoms with E-state index in [1.54, 1.807) is 0 Å². The average Bonchev–Trinajstić information content (AvgIpc) is 2.35. The molecular formula is C9H18O8. The fourth-order valence-corrected chi connectivity index (χ4v) is 1.51. The van der Waals surface area contributed by atoms with E-state index in [0.29, 0.717) is 0 Å². The SMILES string of the molecule is OCC(CO)O[C@@H]1O[C@@H](CO)[C@@H](O)[C@H](O)[C@H]1O. The molecule has 6 N–H and O–H groups in total. The van der Waals surface area contributed by atoms with Crippen molar-refractivity contribution in [2.45, 2.75) is 36.8 Å². The van der Waals surface area contributed by atoms with E-state index in [-0.39, 0.29) is 0 Å². The van der Waals surface area contributed by atoms with Crippen LogP contribution in [-0.4, -0.2) is 87.3 Å². The van der Waals surface area contributed by atoms with Crippen molar-refractivity contribution in [1.29, 1.82) is 0 Å². The van der Waals surface area contributed by atoms with E-state index < -0.39 is 56.6 Å². The summed E-state index contributed by atoms with van der Waals surface area (Å²) in [6, 6.07) is 0. The second kappa shape index (κ2) is 6.57. The van der Waals surface area contributed by atoms with Crippen LogP contribution in [0.4, 0.5) is 0 Å². The lowest BCUT2D eigenvalue weighted by Crippen LogP contribution is -2.60. The van der Waals surface area contributed by atoms with Gasteiger partial charge < -0.3 is 40.1 Å². The Balaban J connectivity index is 2.65. The van der Waals surface area contributed by atoms with Gasteiger partial charge in [0.25, 0.3) is 0 Å². The van der Waals surface area contributed by atoms with E-state index in [2.05, 4.69) is 0 Å². The molecule has 8 nitrogen and oxygen atoms in total. The first-order valence-electron chi connectivity index (χ1n) is 5.22. The van der Waals surface area contributed by atoms with E-state index in [9.17, 15) is 15.3 Å². The Bertz CT molecular complexity index is 217. The highest BCUT2D eigenvalue weighted by atomic mass is 16.7. The minimum atomic E-state index is -1.54. The van der Waals surface area contributed by atoms with Crippen LogP contribution in [0.25, 0.3) is 0 Å². The summed E-state index contributed by atoms with van der Waals surface area (Å²) in [7, 11) is 0. The monoisotopic (exact) mass is 254 g/mol. The Morgan fingerprint density at radius 3 is 2.00 bits per heavy atom. The standard InChI is InChI=1S/C9H18O8/c10-1-4(2-11)16-9-8(15)7(14)6(13)5(3-12)17-9/h4-15H,1-3H2/t5-,6+,7-,8+,9+/m0/s1. The van der Waals surface area contributed by atoms with Gasteiger partial charge in [0.1, 0.15) is 30.5 Å². The number of rotatable bonds is 5. The topological polar surface area (TPSA) is 140 Å². The molecule has 8 heteroatoms. The van der Waals surface area contributed by atoms with Gasteiger partial charge in [0.05, 0.1) is 19.8 Å². The van der Waals surface area contributed by atoms with Crippen LogP contribution in [0.3, 0.4) is 0 Å². The number of ether oxygens (including phenoxy) is 2. The quantitative estimate of drug-likeness (QED) is 0.293. The largest absolute Gasteiger partial charge is 0.394 e. The summed E-state index contributed by atoms with van der Waals surface area (Å²) in [5.41, 5.74) is 0. The maximum atomic E-state index is 9.56. The average molecular weight is 254 g/mol. The number of hydrogen-bond acceptors (Lipinski definition) is 8. The molecule has 0 saturated carbocycles. The molecule has 1 saturated heterocycles. The molecule has 1 rings (SSSR count). The fraction of sp³-hybridized carbons (Fsp3) is 1.00. The van der Waals surface area contributed by atoms with E-state index >= 15 is 0 Å². The predicted molar refractivity (Wildman–Crippen MR) is 52.8 cm³/mol. The van der Waals surface area contributed by atoms with Gasteiger partial charge in [-0.25, -0.2) is 0 Å². The molecule has 0 bridgehead atoms. The molecule has 0 aliphatic carbocycles. The van der Waals surface area contributed by atoms with Crippen LogP contribution < -0.4 is 0 Å². The maximum absolute atomic E-state index is 9.56. The van der Waals surface area contributed by atoms with Crippen LogP contribution >= 0.6 is 0 Å². The van der Waals surface area contributed by atoms with Gasteiger partial charge in [-0.15, -0.1) is 0 Å². The van der Waals surface area contributed by atoms with E-state index in [0.717, 1.165) is 0 Å². The van der Waals surface area contributed by atoms with Crippen molar-refractivity contribution in [3.05, 3.63) is 0 Å². The smallest absolute Gasteiger partial charge is 0.187 e. The Hall–Kier alpha value is -0.320. The van der Waals surface area contributed by atoms with Crippen molar-refractivity contribution in [1.82, 2.24) is 0 Å². The summed E-state index contributed by atoms with van der Waals surface area (Å²) in [5.74, 6) is 0. The highest BCUT2D eigenvalue weighted by molar-refractivity contribution is 4.89. The summed E-state index contributed by atoms with van der Waals surface area (Å²) in [6.45, 7) is -1.55. The molecule has 1 aliphatic rings. The molecule has 0 aromatic carbocycles. The third-order valence-corrected chi connectivity index (χ3v) is 2.58. The van der Waals surface area contributed by atoms with Gasteiger partial charge in [0.15, 0.2) is 6.29 Å². The molecule has 0 aromatic rings. The zero-order chi connectivity index (χ0) is 13.0. The number of hydrogen-bond donors (Lipinski definition) is 6. The molecule has 0 amide bonds. The summed E-state index contributed by atoms with van der Waals surface area (Å²) in [6.07, 6.45) is -7.92. The Morgan fingerprint density at radius 1 is 0.941 bits per heavy atom. The summed E-state index contributed by atoms with van der Waals surface area (Å²) in [5, 5.41) is 55.0. The van der Waals surface area contributed by atoms with Gasteiger partial charge >= 0.3 is 0 Å². The van der Waals surface area contributed by atoms with Crippen molar-refractivity contribution in [2.75, 3.05) is 19.8 Å². The zero-order valence-electron chi connectivity index (χ0n) is 9.09. The van der Waals surface area contributed by atoms with Crippen LogP contribution in [0.1, 0.15) is 0 Å². The van der Waals surface area contributed by atoms with Gasteiger partial charge in [-0.3, -0.25) is 0 Å². The third kappa shape index (κ3) is 3.33. The second-order valence-electron chi connectivity index (χ2n) is 3.82. The molecule has 5 atom stereocenters. The lowest BCUT2D eigenvalue weighted by atomic mass is 9.99. The Morgan fingerprint density at radius 2 is 1.53 bits per heavy atom. The van der Waals surface area contributed by atoms with Gasteiger partial charge in [-0.05, 0) is 0 Å². The highest BCUT2D eigenvalue weighted by Crippen LogP contribution is 2.22. The minimum absolute atomic E-state index is 0.495. The van der Waals surface area contributed by atoms with E-state index in [1.807, 2.05) is 0 Å². The van der Waals surface area contributed by atoms with Crippen molar-refractivity contribution in [3.63, 3.8) is 0 Å². The van der Waals surface area contributed by atoms with Crippen molar-refractivity contribution >= 4 is 0 Å². The summed E-state index contributed by atoms with van der Waals surface area (Å²) in [4.78, 5) is 0. The van der Waals surface area contributed by atoms with Crippen LogP contribution in [-0.2, 0) is 9.47 Å². The Labute approximate surface area is 97.6 Å². The number of aliphatic hydroxyl groups is 6. The first kappa shape index (κ1) is 14.7. The lowest BCUT2D eigenvalue weighted by molar-refractivity contribution is -0.315. The lowest BCUT2D eigenvalue weighted by Gasteiger charge is -2.40. The van der Waals surface area contributed by atoms with Crippen molar-refractivity contribution < 1.29 is 40.1 Å². The van der Waals surface area contributed by atoms with Gasteiger partial charge in [-0.1, -0.05) is 0 Å². The molecule has 17 heavy (non-hydrogen) atoms. The maximum Gasteiger partial charge on any atom is 0.187 e. The van der Waals surface area contributed by atoms with Gasteiger partial charge in [-0.2, -0.15) is 0 Å². The third-order valence-electron chi connectivity index (χ3n) is 2.58. The number of aliphatic hydroxyl groups excluding tert-OH is 6. The van der Waals surface area contributed by atoms with Crippen molar-refractivity contribution in [2.24, 2.45) is 0 Å². The Kier molecular flexibility index (Phi) is 5.70. The first-order chi connectivity index (χ1) is 8.04. The summed E-state index contributed by atoms with van der Waals surface area (Å²) >= 11 is 0. The highest BCUT2D eigenvalue weighted by Gasteiger charge is 2.44. The molecular weight excluding hydrogens is 236 g/mol. The predicted octanol–water partition coefficient (Wildman–Crippen LogP) is -3.84. The molecule has 102 valence electrons. The normalized spacial score (nSPS) is 38.6. The van der Waals surface area contributed by atoms with E-state index in [1.165, 1.54) is 0 Å². The zero-order valence-corrected chi connectivity index (χ0v) is 9.09. The molecule has 0 aromatic heterocycles. The fourth-order valence-electron chi connectivity index (χ4n) is 1.51. The molecule has 0 radical (unpaired) electrons. The van der Waals surface area contributed by atoms with Crippen molar-refractivity contribution in [3.8, 4) is 0 Å².